The van der Waals surface area contributed by atoms with Crippen LogP contribution >= 0.6 is 0 Å². The average molecular weight is 309 g/mol. The molecule has 0 amide bonds. The molecule has 0 aromatic heterocycles. The summed E-state index contributed by atoms with van der Waals surface area (Å²) in [6.45, 7) is 14.4. The van der Waals surface area contributed by atoms with Crippen LogP contribution in [0, 0.1) is 5.92 Å². The standard InChI is InChI=1S/C22H31N/c1-6-9-10-21(8-3)23-16-15-22(18(23)5)17(4)20-13-11-19(7-2)12-14-20/h6,9-14,17,22H,5,7-8,15-16H2,1-4H3/b9-6-,21-10+. The predicted octanol–water partition coefficient (Wildman–Crippen LogP) is 6.06. The molecule has 124 valence electrons. The number of hydrogen-bond acceptors (Lipinski definition) is 1. The van der Waals surface area contributed by atoms with Crippen LogP contribution in [0.1, 0.15) is 57.6 Å². The van der Waals surface area contributed by atoms with Crippen LogP contribution in [0.25, 0.3) is 0 Å². The second kappa shape index (κ2) is 8.19. The highest BCUT2D eigenvalue weighted by Gasteiger charge is 2.32. The Bertz CT molecular complexity index is 576. The van der Waals surface area contributed by atoms with E-state index in [4.69, 9.17) is 0 Å². The zero-order valence-corrected chi connectivity index (χ0v) is 15.2. The molecule has 1 aromatic rings. The predicted molar refractivity (Wildman–Crippen MR) is 101 cm³/mol. The van der Waals surface area contributed by atoms with Crippen molar-refractivity contribution in [2.45, 2.75) is 52.9 Å². The summed E-state index contributed by atoms with van der Waals surface area (Å²) in [5, 5.41) is 0. The first-order chi connectivity index (χ1) is 11.1. The highest BCUT2D eigenvalue weighted by Crippen LogP contribution is 2.40. The lowest BCUT2D eigenvalue weighted by atomic mass is 9.85. The van der Waals surface area contributed by atoms with Gasteiger partial charge in [-0.25, -0.2) is 0 Å². The molecule has 1 saturated heterocycles. The fourth-order valence-corrected chi connectivity index (χ4v) is 3.54. The van der Waals surface area contributed by atoms with E-state index >= 15 is 0 Å². The van der Waals surface area contributed by atoms with Crippen molar-refractivity contribution in [1.82, 2.24) is 4.90 Å². The minimum atomic E-state index is 0.526. The molecule has 2 atom stereocenters. The Morgan fingerprint density at radius 1 is 1.30 bits per heavy atom. The minimum absolute atomic E-state index is 0.526. The summed E-state index contributed by atoms with van der Waals surface area (Å²) in [4.78, 5) is 2.43. The number of likely N-dealkylation sites (tertiary alicyclic amines) is 1. The van der Waals surface area contributed by atoms with Crippen LogP contribution in [-0.4, -0.2) is 11.4 Å². The Balaban J connectivity index is 2.13. The van der Waals surface area contributed by atoms with E-state index in [2.05, 4.69) is 81.7 Å². The van der Waals surface area contributed by atoms with E-state index in [0.29, 0.717) is 11.8 Å². The molecule has 1 heterocycles. The van der Waals surface area contributed by atoms with E-state index < -0.39 is 0 Å². The molecule has 0 N–H and O–H groups in total. The molecular formula is C22H31N. The van der Waals surface area contributed by atoms with Gasteiger partial charge in [0.25, 0.3) is 0 Å². The van der Waals surface area contributed by atoms with E-state index in [1.165, 1.54) is 28.9 Å². The lowest BCUT2D eigenvalue weighted by Crippen LogP contribution is -2.18. The molecule has 1 heteroatoms. The summed E-state index contributed by atoms with van der Waals surface area (Å²) < 4.78 is 0. The van der Waals surface area contributed by atoms with E-state index in [1.807, 2.05) is 0 Å². The molecule has 0 spiro atoms. The Morgan fingerprint density at radius 3 is 2.57 bits per heavy atom. The van der Waals surface area contributed by atoms with Crippen molar-refractivity contribution in [1.29, 1.82) is 0 Å². The van der Waals surface area contributed by atoms with Crippen molar-refractivity contribution in [2.24, 2.45) is 5.92 Å². The van der Waals surface area contributed by atoms with Crippen molar-refractivity contribution >= 4 is 0 Å². The van der Waals surface area contributed by atoms with E-state index in [9.17, 15) is 0 Å². The van der Waals surface area contributed by atoms with Crippen LogP contribution in [0.4, 0.5) is 0 Å². The van der Waals surface area contributed by atoms with Crippen molar-refractivity contribution in [3.63, 3.8) is 0 Å². The van der Waals surface area contributed by atoms with Crippen molar-refractivity contribution < 1.29 is 0 Å². The van der Waals surface area contributed by atoms with E-state index in [1.54, 1.807) is 0 Å². The summed E-state index contributed by atoms with van der Waals surface area (Å²) >= 11 is 0. The highest BCUT2D eigenvalue weighted by molar-refractivity contribution is 5.29. The zero-order chi connectivity index (χ0) is 16.8. The van der Waals surface area contributed by atoms with Gasteiger partial charge in [0.1, 0.15) is 0 Å². The summed E-state index contributed by atoms with van der Waals surface area (Å²) in [6, 6.07) is 9.14. The first-order valence-corrected chi connectivity index (χ1v) is 8.99. The smallest absolute Gasteiger partial charge is 0.0231 e. The van der Waals surface area contributed by atoms with Gasteiger partial charge in [0.15, 0.2) is 0 Å². The molecule has 2 rings (SSSR count). The molecule has 1 aromatic carbocycles. The van der Waals surface area contributed by atoms with Gasteiger partial charge in [-0.2, -0.15) is 0 Å². The van der Waals surface area contributed by atoms with Crippen molar-refractivity contribution in [3.05, 3.63) is 71.6 Å². The van der Waals surface area contributed by atoms with Gasteiger partial charge in [-0.05, 0) is 49.3 Å². The summed E-state index contributed by atoms with van der Waals surface area (Å²) in [5.41, 5.74) is 5.51. The molecule has 2 unspecified atom stereocenters. The largest absolute Gasteiger partial charge is 0.349 e. The Labute approximate surface area is 142 Å². The maximum absolute atomic E-state index is 4.44. The zero-order valence-electron chi connectivity index (χ0n) is 15.2. The molecule has 23 heavy (non-hydrogen) atoms. The Morgan fingerprint density at radius 2 is 2.00 bits per heavy atom. The second-order valence-electron chi connectivity index (χ2n) is 6.46. The van der Waals surface area contributed by atoms with Gasteiger partial charge in [0.05, 0.1) is 0 Å². The molecule has 1 nitrogen and oxygen atoms in total. The summed E-state index contributed by atoms with van der Waals surface area (Å²) in [5.74, 6) is 1.07. The molecule has 1 aliphatic rings. The quantitative estimate of drug-likeness (QED) is 0.577. The lowest BCUT2D eigenvalue weighted by Gasteiger charge is -2.26. The molecule has 1 aliphatic heterocycles. The molecule has 0 radical (unpaired) electrons. The van der Waals surface area contributed by atoms with Gasteiger partial charge in [-0.1, -0.05) is 63.8 Å². The van der Waals surface area contributed by atoms with Gasteiger partial charge < -0.3 is 4.90 Å². The van der Waals surface area contributed by atoms with Gasteiger partial charge in [-0.3, -0.25) is 0 Å². The number of benzene rings is 1. The normalized spacial score (nSPS) is 20.5. The maximum Gasteiger partial charge on any atom is 0.0231 e. The third kappa shape index (κ3) is 3.96. The van der Waals surface area contributed by atoms with Crippen molar-refractivity contribution in [3.8, 4) is 0 Å². The second-order valence-corrected chi connectivity index (χ2v) is 6.46. The van der Waals surface area contributed by atoms with Crippen LogP contribution in [0.5, 0.6) is 0 Å². The Hall–Kier alpha value is -1.76. The summed E-state index contributed by atoms with van der Waals surface area (Å²) in [7, 11) is 0. The van der Waals surface area contributed by atoms with E-state index in [0.717, 1.165) is 19.4 Å². The van der Waals surface area contributed by atoms with Crippen LogP contribution < -0.4 is 0 Å². The third-order valence-corrected chi connectivity index (χ3v) is 5.15. The first kappa shape index (κ1) is 17.6. The van der Waals surface area contributed by atoms with Gasteiger partial charge in [0, 0.05) is 23.9 Å². The molecule has 0 saturated carbocycles. The SMILES string of the molecule is C=C1C(C(C)c2ccc(CC)cc2)CCN1/C(=C/C=C\C)CC. The fourth-order valence-electron chi connectivity index (χ4n) is 3.54. The number of allylic oxidation sites excluding steroid dienone is 5. The van der Waals surface area contributed by atoms with Crippen LogP contribution in [0.2, 0.25) is 0 Å². The number of rotatable bonds is 6. The molecular weight excluding hydrogens is 278 g/mol. The maximum atomic E-state index is 4.44. The first-order valence-electron chi connectivity index (χ1n) is 8.99. The third-order valence-electron chi connectivity index (χ3n) is 5.15. The highest BCUT2D eigenvalue weighted by atomic mass is 15.2. The minimum Gasteiger partial charge on any atom is -0.349 e. The van der Waals surface area contributed by atoms with Gasteiger partial charge in [-0.15, -0.1) is 0 Å². The fraction of sp³-hybridized carbons (Fsp3) is 0.455. The van der Waals surface area contributed by atoms with Crippen LogP contribution in [0.3, 0.4) is 0 Å². The average Bonchev–Trinajstić information content (AvgIpc) is 2.97. The van der Waals surface area contributed by atoms with Crippen LogP contribution in [-0.2, 0) is 6.42 Å². The molecule has 0 aliphatic carbocycles. The number of nitrogens with zero attached hydrogens (tertiary/aromatic N) is 1. The van der Waals surface area contributed by atoms with Crippen molar-refractivity contribution in [2.75, 3.05) is 6.54 Å². The summed E-state index contributed by atoms with van der Waals surface area (Å²) in [6.07, 6.45) is 9.80. The Kier molecular flexibility index (Phi) is 6.27. The molecule has 1 fully saturated rings. The van der Waals surface area contributed by atoms with Gasteiger partial charge >= 0.3 is 0 Å². The van der Waals surface area contributed by atoms with E-state index in [-0.39, 0.29) is 0 Å². The lowest BCUT2D eigenvalue weighted by molar-refractivity contribution is 0.461. The molecule has 0 bridgehead atoms. The topological polar surface area (TPSA) is 3.24 Å². The number of hydrogen-bond donors (Lipinski definition) is 0. The van der Waals surface area contributed by atoms with Crippen LogP contribution in [0.15, 0.2) is 60.5 Å². The van der Waals surface area contributed by atoms with Gasteiger partial charge in [0.2, 0.25) is 0 Å². The number of aryl methyl sites for hydroxylation is 1. The monoisotopic (exact) mass is 309 g/mol.